The molecule has 1 rings (SSSR count). The fraction of sp³-hybridized carbons (Fsp3) is 0.800. The van der Waals surface area contributed by atoms with Gasteiger partial charge in [0.2, 0.25) is 0 Å². The van der Waals surface area contributed by atoms with E-state index < -0.39 is 5.97 Å². The Kier molecular flexibility index (Phi) is 0.805. The molecule has 2 heteroatoms. The van der Waals surface area contributed by atoms with E-state index in [2.05, 4.69) is 0 Å². The molecule has 40 valence electrons. The maximum atomic E-state index is 9.97. The standard InChI is InChI=1S/C5H8O2/c1-3-2-4(3)5(6)7/h3-4H,2H2,1H3,(H,6,7)/t3-,4+/m1/s1. The first-order valence-electron chi connectivity index (χ1n) is 2.44. The van der Waals surface area contributed by atoms with Gasteiger partial charge in [-0.05, 0) is 12.3 Å². The van der Waals surface area contributed by atoms with Gasteiger partial charge in [-0.25, -0.2) is 0 Å². The Labute approximate surface area is 42.1 Å². The minimum absolute atomic E-state index is 0.0139. The largest absolute Gasteiger partial charge is 0.481 e. The Morgan fingerprint density at radius 2 is 2.29 bits per heavy atom. The highest BCUT2D eigenvalue weighted by atomic mass is 16.4. The molecular formula is C5H8O2. The normalized spacial score (nSPS) is 37.9. The van der Waals surface area contributed by atoms with Gasteiger partial charge >= 0.3 is 5.97 Å². The van der Waals surface area contributed by atoms with Gasteiger partial charge < -0.3 is 5.11 Å². The molecule has 1 N–H and O–H groups in total. The Bertz CT molecular complexity index is 98.3. The lowest BCUT2D eigenvalue weighted by molar-refractivity contribution is -0.138. The molecule has 2 nitrogen and oxygen atoms in total. The van der Waals surface area contributed by atoms with Crippen molar-refractivity contribution in [2.75, 3.05) is 0 Å². The van der Waals surface area contributed by atoms with Gasteiger partial charge in [-0.15, -0.1) is 0 Å². The van der Waals surface area contributed by atoms with Crippen molar-refractivity contribution in [1.82, 2.24) is 0 Å². The van der Waals surface area contributed by atoms with Crippen LogP contribution in [0.5, 0.6) is 0 Å². The molecule has 0 amide bonds. The van der Waals surface area contributed by atoms with Crippen LogP contribution in [0, 0.1) is 11.8 Å². The van der Waals surface area contributed by atoms with Gasteiger partial charge in [0, 0.05) is 0 Å². The second-order valence-electron chi connectivity index (χ2n) is 2.16. The second kappa shape index (κ2) is 1.22. The van der Waals surface area contributed by atoms with Crippen LogP contribution in [0.25, 0.3) is 0 Å². The van der Waals surface area contributed by atoms with Crippen LogP contribution < -0.4 is 0 Å². The summed E-state index contributed by atoms with van der Waals surface area (Å²) in [5.74, 6) is -0.204. The van der Waals surface area contributed by atoms with E-state index in [-0.39, 0.29) is 5.92 Å². The third-order valence-corrected chi connectivity index (χ3v) is 1.43. The molecule has 0 aliphatic heterocycles. The number of hydrogen-bond donors (Lipinski definition) is 1. The van der Waals surface area contributed by atoms with E-state index in [1.165, 1.54) is 0 Å². The van der Waals surface area contributed by atoms with Gasteiger partial charge in [0.25, 0.3) is 0 Å². The third-order valence-electron chi connectivity index (χ3n) is 1.43. The highest BCUT2D eigenvalue weighted by molar-refractivity contribution is 5.73. The first-order valence-corrected chi connectivity index (χ1v) is 2.44. The predicted octanol–water partition coefficient (Wildman–Crippen LogP) is 0.727. The van der Waals surface area contributed by atoms with Gasteiger partial charge in [-0.1, -0.05) is 6.92 Å². The van der Waals surface area contributed by atoms with E-state index in [1.54, 1.807) is 0 Å². The summed E-state index contributed by atoms with van der Waals surface area (Å²) in [7, 11) is 0. The molecule has 0 bridgehead atoms. The zero-order valence-electron chi connectivity index (χ0n) is 4.22. The second-order valence-corrected chi connectivity index (χ2v) is 2.16. The van der Waals surface area contributed by atoms with Crippen molar-refractivity contribution in [1.29, 1.82) is 0 Å². The summed E-state index contributed by atoms with van der Waals surface area (Å²) in [6.45, 7) is 1.96. The average Bonchev–Trinajstić information content (AvgIpc) is 2.17. The number of carbonyl (C=O) groups is 1. The summed E-state index contributed by atoms with van der Waals surface area (Å²) in [4.78, 5) is 9.97. The molecule has 2 atom stereocenters. The topological polar surface area (TPSA) is 37.3 Å². The average molecular weight is 100 g/mol. The van der Waals surface area contributed by atoms with Gasteiger partial charge in [0.1, 0.15) is 0 Å². The SMILES string of the molecule is C[C@@H]1C[C@@H]1C(=O)O. The van der Waals surface area contributed by atoms with Gasteiger partial charge in [-0.2, -0.15) is 0 Å². The smallest absolute Gasteiger partial charge is 0.306 e. The van der Waals surface area contributed by atoms with Crippen molar-refractivity contribution in [2.45, 2.75) is 13.3 Å². The van der Waals surface area contributed by atoms with Crippen LogP contribution in [0.3, 0.4) is 0 Å². The molecule has 1 aliphatic rings. The molecule has 1 aliphatic carbocycles. The van der Waals surface area contributed by atoms with Crippen LogP contribution in [-0.2, 0) is 4.79 Å². The maximum Gasteiger partial charge on any atom is 0.306 e. The minimum Gasteiger partial charge on any atom is -0.481 e. The molecule has 0 heterocycles. The van der Waals surface area contributed by atoms with E-state index in [1.807, 2.05) is 6.92 Å². The lowest BCUT2D eigenvalue weighted by atomic mass is 10.3. The van der Waals surface area contributed by atoms with E-state index in [0.717, 1.165) is 6.42 Å². The van der Waals surface area contributed by atoms with Crippen LogP contribution in [0.1, 0.15) is 13.3 Å². The Morgan fingerprint density at radius 1 is 1.86 bits per heavy atom. The van der Waals surface area contributed by atoms with Crippen molar-refractivity contribution in [3.63, 3.8) is 0 Å². The first kappa shape index (κ1) is 4.62. The van der Waals surface area contributed by atoms with Gasteiger partial charge in [0.05, 0.1) is 5.92 Å². The molecule has 0 radical (unpaired) electrons. The highest BCUT2D eigenvalue weighted by Crippen LogP contribution is 2.37. The molecule has 0 aromatic heterocycles. The Balaban J connectivity index is 2.33. The molecular weight excluding hydrogens is 92.1 g/mol. The summed E-state index contributed by atoms with van der Waals surface area (Å²) < 4.78 is 0. The summed E-state index contributed by atoms with van der Waals surface area (Å²) >= 11 is 0. The maximum absolute atomic E-state index is 9.97. The van der Waals surface area contributed by atoms with Crippen LogP contribution in [-0.4, -0.2) is 11.1 Å². The van der Waals surface area contributed by atoms with Crippen molar-refractivity contribution >= 4 is 5.97 Å². The molecule has 0 aromatic rings. The van der Waals surface area contributed by atoms with Crippen LogP contribution >= 0.6 is 0 Å². The van der Waals surface area contributed by atoms with Crippen LogP contribution in [0.2, 0.25) is 0 Å². The van der Waals surface area contributed by atoms with Crippen LogP contribution in [0.4, 0.5) is 0 Å². The van der Waals surface area contributed by atoms with E-state index in [9.17, 15) is 4.79 Å². The quantitative estimate of drug-likeness (QED) is 0.527. The van der Waals surface area contributed by atoms with E-state index in [0.29, 0.717) is 5.92 Å². The molecule has 1 fully saturated rings. The number of rotatable bonds is 1. The molecule has 0 spiro atoms. The number of hydrogen-bond acceptors (Lipinski definition) is 1. The molecule has 0 unspecified atom stereocenters. The van der Waals surface area contributed by atoms with Crippen LogP contribution in [0.15, 0.2) is 0 Å². The highest BCUT2D eigenvalue weighted by Gasteiger charge is 2.38. The summed E-state index contributed by atoms with van der Waals surface area (Å²) in [6, 6.07) is 0. The summed E-state index contributed by atoms with van der Waals surface area (Å²) in [6.07, 6.45) is 0.884. The lowest BCUT2D eigenvalue weighted by Gasteiger charge is -1.79. The molecule has 0 saturated heterocycles. The summed E-state index contributed by atoms with van der Waals surface area (Å²) in [5.41, 5.74) is 0. The van der Waals surface area contributed by atoms with Gasteiger partial charge in [-0.3, -0.25) is 4.79 Å². The van der Waals surface area contributed by atoms with Gasteiger partial charge in [0.15, 0.2) is 0 Å². The van der Waals surface area contributed by atoms with Crippen molar-refractivity contribution in [3.05, 3.63) is 0 Å². The molecule has 1 saturated carbocycles. The monoisotopic (exact) mass is 100 g/mol. The number of aliphatic carboxylic acids is 1. The van der Waals surface area contributed by atoms with Crippen molar-refractivity contribution < 1.29 is 9.90 Å². The van der Waals surface area contributed by atoms with Crippen molar-refractivity contribution in [3.8, 4) is 0 Å². The summed E-state index contributed by atoms with van der Waals surface area (Å²) in [5, 5.41) is 8.22. The zero-order chi connectivity index (χ0) is 5.44. The number of carboxylic acid groups (broad SMARTS) is 1. The fourth-order valence-corrected chi connectivity index (χ4v) is 0.666. The zero-order valence-corrected chi connectivity index (χ0v) is 4.22. The van der Waals surface area contributed by atoms with E-state index in [4.69, 9.17) is 5.11 Å². The first-order chi connectivity index (χ1) is 3.22. The molecule has 7 heavy (non-hydrogen) atoms. The predicted molar refractivity (Wildman–Crippen MR) is 24.9 cm³/mol. The lowest BCUT2D eigenvalue weighted by Crippen LogP contribution is -1.97. The fourth-order valence-electron chi connectivity index (χ4n) is 0.666. The van der Waals surface area contributed by atoms with E-state index >= 15 is 0 Å². The third kappa shape index (κ3) is 0.734. The van der Waals surface area contributed by atoms with Crippen molar-refractivity contribution in [2.24, 2.45) is 11.8 Å². The Morgan fingerprint density at radius 3 is 2.29 bits per heavy atom. The minimum atomic E-state index is -0.632. The number of carboxylic acids is 1. The Hall–Kier alpha value is -0.530. The molecule has 0 aromatic carbocycles.